The van der Waals surface area contributed by atoms with E-state index in [1.807, 2.05) is 0 Å². The lowest BCUT2D eigenvalue weighted by atomic mass is 10.0. The van der Waals surface area contributed by atoms with Crippen LogP contribution in [0.1, 0.15) is 271 Å². The predicted molar refractivity (Wildman–Crippen MR) is 357 cm³/mol. The Kier molecular flexibility index (Phi) is 63.9. The lowest BCUT2D eigenvalue weighted by Gasteiger charge is -2.18. The number of unbranched alkanes of at least 4 members (excludes halogenated alkanes) is 19. The lowest BCUT2D eigenvalue weighted by molar-refractivity contribution is -0.167. The molecule has 0 heterocycles. The Morgan fingerprint density at radius 3 is 0.780 bits per heavy atom. The molecule has 0 radical (unpaired) electrons. The van der Waals surface area contributed by atoms with E-state index >= 15 is 0 Å². The van der Waals surface area contributed by atoms with Gasteiger partial charge < -0.3 is 14.2 Å². The number of ether oxygens (including phenoxy) is 3. The van der Waals surface area contributed by atoms with Crippen LogP contribution in [0.2, 0.25) is 0 Å². The van der Waals surface area contributed by atoms with E-state index in [-0.39, 0.29) is 37.5 Å². The van der Waals surface area contributed by atoms with Crippen molar-refractivity contribution in [3.05, 3.63) is 170 Å². The second-order valence-corrected chi connectivity index (χ2v) is 21.3. The van der Waals surface area contributed by atoms with E-state index < -0.39 is 6.10 Å². The fourth-order valence-electron chi connectivity index (χ4n) is 8.55. The highest BCUT2D eigenvalue weighted by Crippen LogP contribution is 2.15. The predicted octanol–water partition coefficient (Wildman–Crippen LogP) is 23.0. The minimum Gasteiger partial charge on any atom is -0.462 e. The molecule has 0 amide bonds. The molecule has 0 aromatic rings. The van der Waals surface area contributed by atoms with E-state index in [0.29, 0.717) is 19.3 Å². The molecule has 0 saturated carbocycles. The first-order valence-electron chi connectivity index (χ1n) is 33.1. The molecule has 0 saturated heterocycles. The van der Waals surface area contributed by atoms with Crippen molar-refractivity contribution in [2.24, 2.45) is 0 Å². The van der Waals surface area contributed by atoms with Gasteiger partial charge in [0.25, 0.3) is 0 Å². The molecule has 0 aliphatic heterocycles. The molecule has 0 aromatic heterocycles. The SMILES string of the molecule is CC/C=C\C/C=C\C/C=C\C/C=C\C/C=C\C/C=C\C/C=C\CCCCCCCCCCCCCC(=O)OCC(COC(=O)CCCCCCC/C=C\CCC)OC(=O)CCCC/C=C\C/C=C\C/C=C\C/C=C\C/C=C\C/C=C\CC. The van der Waals surface area contributed by atoms with Crippen LogP contribution in [-0.2, 0) is 28.6 Å². The van der Waals surface area contributed by atoms with Crippen molar-refractivity contribution < 1.29 is 28.6 Å². The Hall–Kier alpha value is -5.23. The Morgan fingerprint density at radius 2 is 0.476 bits per heavy atom. The monoisotopic (exact) mass is 1130 g/mol. The van der Waals surface area contributed by atoms with Gasteiger partial charge in [0, 0.05) is 19.3 Å². The van der Waals surface area contributed by atoms with Crippen LogP contribution in [0, 0.1) is 0 Å². The zero-order valence-electron chi connectivity index (χ0n) is 52.7. The lowest BCUT2D eigenvalue weighted by Crippen LogP contribution is -2.30. The fourth-order valence-corrected chi connectivity index (χ4v) is 8.55. The fraction of sp³-hybridized carbons (Fsp3) is 0.592. The van der Waals surface area contributed by atoms with Crippen molar-refractivity contribution in [1.82, 2.24) is 0 Å². The zero-order chi connectivity index (χ0) is 59.2. The summed E-state index contributed by atoms with van der Waals surface area (Å²) in [5.41, 5.74) is 0. The van der Waals surface area contributed by atoms with Crippen LogP contribution in [0.5, 0.6) is 0 Å². The molecule has 1 atom stereocenters. The Morgan fingerprint density at radius 1 is 0.256 bits per heavy atom. The van der Waals surface area contributed by atoms with E-state index in [1.165, 1.54) is 70.6 Å². The molecule has 0 spiro atoms. The van der Waals surface area contributed by atoms with Gasteiger partial charge in [0.1, 0.15) is 13.2 Å². The average molecular weight is 1130 g/mol. The van der Waals surface area contributed by atoms with E-state index in [0.717, 1.165) is 154 Å². The van der Waals surface area contributed by atoms with Gasteiger partial charge in [0.05, 0.1) is 0 Å². The van der Waals surface area contributed by atoms with Crippen LogP contribution in [0.3, 0.4) is 0 Å². The molecule has 0 aromatic carbocycles. The number of hydrogen-bond donors (Lipinski definition) is 0. The Balaban J connectivity index is 4.29. The highest BCUT2D eigenvalue weighted by Gasteiger charge is 2.19. The standard InChI is InChI=1S/C76H120O6/c1-4-7-10-13-16-19-22-24-26-28-30-32-33-34-35-36-37-38-39-40-41-42-43-45-46-48-50-52-54-57-60-63-66-69-75(78)81-72-73(71-80-74(77)68-65-62-59-56-21-18-15-12-9-6-3)82-76(79)70-67-64-61-58-55-53-51-49-47-44-31-29-27-25-23-20-17-14-11-8-5-2/h7-8,10-12,15-17,19-20,24-27,30-32,34-35,37-38,40-41,44,49,51,55,58,73H,4-6,9,13-14,18,21-23,28-29,33,36,39,42-43,45-48,50,52-54,56-57,59-72H2,1-3H3/b10-7-,11-8-,15-12-,19-16-,20-17-,26-24-,27-25-,32-30-,35-34-,38-37-,41-40-,44-31-,51-49-,58-55-. The highest BCUT2D eigenvalue weighted by atomic mass is 16.6. The maximum atomic E-state index is 12.9. The molecule has 0 bridgehead atoms. The van der Waals surface area contributed by atoms with Gasteiger partial charge in [-0.15, -0.1) is 0 Å². The summed E-state index contributed by atoms with van der Waals surface area (Å²) in [4.78, 5) is 38.2. The molecule has 1 unspecified atom stereocenters. The highest BCUT2D eigenvalue weighted by molar-refractivity contribution is 5.71. The largest absolute Gasteiger partial charge is 0.462 e. The van der Waals surface area contributed by atoms with Crippen molar-refractivity contribution in [2.75, 3.05) is 13.2 Å². The third kappa shape index (κ3) is 65.6. The van der Waals surface area contributed by atoms with Crippen LogP contribution in [-0.4, -0.2) is 37.2 Å². The first-order valence-corrected chi connectivity index (χ1v) is 33.1. The minimum absolute atomic E-state index is 0.106. The molecule has 0 rings (SSSR count). The van der Waals surface area contributed by atoms with Gasteiger partial charge in [0.2, 0.25) is 0 Å². The van der Waals surface area contributed by atoms with E-state index in [4.69, 9.17) is 14.2 Å². The summed E-state index contributed by atoms with van der Waals surface area (Å²) in [6, 6.07) is 0. The summed E-state index contributed by atoms with van der Waals surface area (Å²) in [5, 5.41) is 0. The number of carbonyl (C=O) groups is 3. The number of esters is 3. The van der Waals surface area contributed by atoms with Gasteiger partial charge in [0.15, 0.2) is 6.10 Å². The molecule has 0 aliphatic carbocycles. The third-order valence-electron chi connectivity index (χ3n) is 13.4. The van der Waals surface area contributed by atoms with Crippen molar-refractivity contribution >= 4 is 17.9 Å². The molecule has 0 N–H and O–H groups in total. The maximum absolute atomic E-state index is 12.9. The van der Waals surface area contributed by atoms with E-state index in [2.05, 4.69) is 191 Å². The maximum Gasteiger partial charge on any atom is 0.306 e. The van der Waals surface area contributed by atoms with Gasteiger partial charge in [-0.05, 0) is 148 Å². The van der Waals surface area contributed by atoms with Crippen LogP contribution >= 0.6 is 0 Å². The van der Waals surface area contributed by atoms with Gasteiger partial charge in [-0.2, -0.15) is 0 Å². The Bertz CT molecular complexity index is 1870. The van der Waals surface area contributed by atoms with Gasteiger partial charge in [-0.3, -0.25) is 14.4 Å². The van der Waals surface area contributed by atoms with E-state index in [9.17, 15) is 14.4 Å². The smallest absolute Gasteiger partial charge is 0.306 e. The second kappa shape index (κ2) is 68.3. The molecule has 6 heteroatoms. The molecule has 0 fully saturated rings. The first-order chi connectivity index (χ1) is 40.5. The summed E-state index contributed by atoms with van der Waals surface area (Å²) in [7, 11) is 0. The number of allylic oxidation sites excluding steroid dienone is 28. The number of carbonyl (C=O) groups excluding carboxylic acids is 3. The zero-order valence-corrected chi connectivity index (χ0v) is 52.7. The third-order valence-corrected chi connectivity index (χ3v) is 13.4. The molecule has 0 aliphatic rings. The molecular formula is C76H120O6. The van der Waals surface area contributed by atoms with Gasteiger partial charge >= 0.3 is 17.9 Å². The number of hydrogen-bond acceptors (Lipinski definition) is 6. The topological polar surface area (TPSA) is 78.9 Å². The van der Waals surface area contributed by atoms with Crippen LogP contribution in [0.25, 0.3) is 0 Å². The number of rotatable bonds is 58. The van der Waals surface area contributed by atoms with Crippen molar-refractivity contribution in [2.45, 2.75) is 277 Å². The Labute approximate surface area is 504 Å². The molecule has 6 nitrogen and oxygen atoms in total. The quantitative estimate of drug-likeness (QED) is 0.0261. The van der Waals surface area contributed by atoms with Crippen LogP contribution in [0.15, 0.2) is 170 Å². The molecule has 82 heavy (non-hydrogen) atoms. The first kappa shape index (κ1) is 76.8. The van der Waals surface area contributed by atoms with Crippen molar-refractivity contribution in [1.29, 1.82) is 0 Å². The van der Waals surface area contributed by atoms with E-state index in [1.54, 1.807) is 0 Å². The second-order valence-electron chi connectivity index (χ2n) is 21.3. The van der Waals surface area contributed by atoms with Crippen molar-refractivity contribution in [3.8, 4) is 0 Å². The van der Waals surface area contributed by atoms with Gasteiger partial charge in [-0.1, -0.05) is 274 Å². The normalized spacial score (nSPS) is 13.3. The van der Waals surface area contributed by atoms with Crippen LogP contribution in [0.4, 0.5) is 0 Å². The average Bonchev–Trinajstić information content (AvgIpc) is 3.48. The van der Waals surface area contributed by atoms with Gasteiger partial charge in [-0.25, -0.2) is 0 Å². The minimum atomic E-state index is -0.814. The summed E-state index contributed by atoms with van der Waals surface area (Å²) in [6.45, 7) is 6.30. The molecule has 460 valence electrons. The molecular weight excluding hydrogens is 1010 g/mol. The summed E-state index contributed by atoms with van der Waals surface area (Å²) < 4.78 is 16.8. The van der Waals surface area contributed by atoms with Crippen molar-refractivity contribution in [3.63, 3.8) is 0 Å². The summed E-state index contributed by atoms with van der Waals surface area (Å²) in [5.74, 6) is -0.968. The summed E-state index contributed by atoms with van der Waals surface area (Å²) in [6.07, 6.45) is 101. The summed E-state index contributed by atoms with van der Waals surface area (Å²) >= 11 is 0. The van der Waals surface area contributed by atoms with Crippen LogP contribution < -0.4 is 0 Å².